The van der Waals surface area contributed by atoms with E-state index in [2.05, 4.69) is 25.0 Å². The second kappa shape index (κ2) is 7.45. The zero-order valence-corrected chi connectivity index (χ0v) is 13.7. The van der Waals surface area contributed by atoms with Crippen molar-refractivity contribution >= 4 is 17.5 Å². The van der Waals surface area contributed by atoms with Crippen molar-refractivity contribution in [3.05, 3.63) is 46.6 Å². The minimum atomic E-state index is -0.154. The molecule has 122 valence electrons. The molecule has 0 amide bonds. The Bertz CT molecular complexity index is 832. The van der Waals surface area contributed by atoms with Gasteiger partial charge in [0.05, 0.1) is 18.7 Å². The van der Waals surface area contributed by atoms with Gasteiger partial charge < -0.3 is 10.8 Å². The molecule has 0 spiro atoms. The van der Waals surface area contributed by atoms with Gasteiger partial charge in [0, 0.05) is 0 Å². The molecule has 0 fully saturated rings. The summed E-state index contributed by atoms with van der Waals surface area (Å²) < 4.78 is 1.33. The van der Waals surface area contributed by atoms with Crippen molar-refractivity contribution in [3.63, 3.8) is 0 Å². The van der Waals surface area contributed by atoms with Crippen LogP contribution < -0.4 is 5.73 Å². The van der Waals surface area contributed by atoms with Crippen LogP contribution in [0.1, 0.15) is 42.1 Å². The number of hydrogen-bond donors (Lipinski definition) is 2. The smallest absolute Gasteiger partial charge is 0.140 e. The lowest BCUT2D eigenvalue weighted by Crippen LogP contribution is -2.07. The maximum atomic E-state index is 9.47. The Hall–Kier alpha value is -3.09. The van der Waals surface area contributed by atoms with Crippen LogP contribution in [0.4, 0.5) is 5.82 Å². The van der Waals surface area contributed by atoms with Crippen molar-refractivity contribution in [1.29, 1.82) is 10.5 Å². The molecule has 0 aliphatic rings. The standard InChI is InChI=1S/C18H19N5O/c1-12(2)14-5-3-13(4-6-14)9-15(10-19)17-16(11-20)18(21)23(22-17)7-8-24/h3-6,9,12,24H,7-8,21H2,1-2H3. The van der Waals surface area contributed by atoms with E-state index in [9.17, 15) is 10.5 Å². The number of aromatic nitrogens is 2. The molecule has 2 rings (SSSR count). The Labute approximate surface area is 141 Å². The molecule has 0 atom stereocenters. The van der Waals surface area contributed by atoms with E-state index < -0.39 is 0 Å². The Balaban J connectivity index is 2.47. The van der Waals surface area contributed by atoms with Crippen molar-refractivity contribution in [2.75, 3.05) is 12.3 Å². The predicted octanol–water partition coefficient (Wildman–Crippen LogP) is 2.52. The van der Waals surface area contributed by atoms with Crippen molar-refractivity contribution in [1.82, 2.24) is 9.78 Å². The van der Waals surface area contributed by atoms with Crippen LogP contribution in [0.15, 0.2) is 24.3 Å². The fraction of sp³-hybridized carbons (Fsp3) is 0.278. The van der Waals surface area contributed by atoms with Gasteiger partial charge in [0.15, 0.2) is 0 Å². The lowest BCUT2D eigenvalue weighted by atomic mass is 10.0. The topological polar surface area (TPSA) is 112 Å². The van der Waals surface area contributed by atoms with E-state index in [4.69, 9.17) is 10.8 Å². The largest absolute Gasteiger partial charge is 0.394 e. The Kier molecular flexibility index (Phi) is 5.36. The van der Waals surface area contributed by atoms with Crippen LogP contribution in [0, 0.1) is 22.7 Å². The van der Waals surface area contributed by atoms with Crippen molar-refractivity contribution in [3.8, 4) is 12.1 Å². The van der Waals surface area contributed by atoms with Crippen molar-refractivity contribution < 1.29 is 5.11 Å². The second-order valence-electron chi connectivity index (χ2n) is 5.66. The maximum Gasteiger partial charge on any atom is 0.140 e. The van der Waals surface area contributed by atoms with E-state index in [0.717, 1.165) is 5.56 Å². The van der Waals surface area contributed by atoms with Gasteiger partial charge in [-0.25, -0.2) is 4.68 Å². The number of rotatable bonds is 5. The number of benzene rings is 1. The van der Waals surface area contributed by atoms with Crippen molar-refractivity contribution in [2.45, 2.75) is 26.3 Å². The molecule has 1 heterocycles. The van der Waals surface area contributed by atoms with Gasteiger partial charge >= 0.3 is 0 Å². The molecule has 0 bridgehead atoms. The van der Waals surface area contributed by atoms with Gasteiger partial charge in [-0.3, -0.25) is 0 Å². The first kappa shape index (κ1) is 17.3. The fourth-order valence-electron chi connectivity index (χ4n) is 2.34. The third kappa shape index (κ3) is 3.45. The van der Waals surface area contributed by atoms with Crippen LogP contribution in [0.25, 0.3) is 11.6 Å². The molecule has 1 aromatic heterocycles. The zero-order valence-electron chi connectivity index (χ0n) is 13.7. The van der Waals surface area contributed by atoms with Gasteiger partial charge in [0.2, 0.25) is 0 Å². The van der Waals surface area contributed by atoms with Crippen LogP contribution in [0.3, 0.4) is 0 Å². The van der Waals surface area contributed by atoms with Gasteiger partial charge in [0.25, 0.3) is 0 Å². The van der Waals surface area contributed by atoms with Gasteiger partial charge in [-0.05, 0) is 23.1 Å². The average molecular weight is 321 g/mol. The number of allylic oxidation sites excluding steroid dienone is 1. The summed E-state index contributed by atoms with van der Waals surface area (Å²) in [6, 6.07) is 11.9. The van der Waals surface area contributed by atoms with E-state index in [1.165, 1.54) is 10.2 Å². The number of nitriles is 2. The molecule has 1 aromatic carbocycles. The lowest BCUT2D eigenvalue weighted by Gasteiger charge is -2.05. The molecule has 0 unspecified atom stereocenters. The third-order valence-corrected chi connectivity index (χ3v) is 3.71. The highest BCUT2D eigenvalue weighted by Gasteiger charge is 2.18. The van der Waals surface area contributed by atoms with Crippen LogP contribution >= 0.6 is 0 Å². The number of aliphatic hydroxyl groups excluding tert-OH is 1. The number of nitrogens with two attached hydrogens (primary N) is 1. The number of nitrogens with zero attached hydrogens (tertiary/aromatic N) is 4. The summed E-state index contributed by atoms with van der Waals surface area (Å²) >= 11 is 0. The summed E-state index contributed by atoms with van der Waals surface area (Å²) in [6.07, 6.45) is 1.68. The number of anilines is 1. The first-order valence-corrected chi connectivity index (χ1v) is 7.61. The third-order valence-electron chi connectivity index (χ3n) is 3.71. The first-order valence-electron chi connectivity index (χ1n) is 7.61. The Morgan fingerprint density at radius 2 is 2.00 bits per heavy atom. The predicted molar refractivity (Wildman–Crippen MR) is 92.5 cm³/mol. The van der Waals surface area contributed by atoms with Gasteiger partial charge in [0.1, 0.15) is 29.2 Å². The van der Waals surface area contributed by atoms with E-state index in [1.807, 2.05) is 30.3 Å². The summed E-state index contributed by atoms with van der Waals surface area (Å²) in [6.45, 7) is 4.24. The van der Waals surface area contributed by atoms with Gasteiger partial charge in [-0.15, -0.1) is 0 Å². The molecule has 6 nitrogen and oxygen atoms in total. The number of aliphatic hydroxyl groups is 1. The Morgan fingerprint density at radius 1 is 1.33 bits per heavy atom. The highest BCUT2D eigenvalue weighted by molar-refractivity contribution is 5.91. The summed E-state index contributed by atoms with van der Waals surface area (Å²) in [4.78, 5) is 0. The molecule has 0 saturated carbocycles. The second-order valence-corrected chi connectivity index (χ2v) is 5.66. The fourth-order valence-corrected chi connectivity index (χ4v) is 2.34. The first-order chi connectivity index (χ1) is 11.5. The average Bonchev–Trinajstić information content (AvgIpc) is 2.89. The monoisotopic (exact) mass is 321 g/mol. The molecular formula is C18H19N5O. The molecule has 2 aromatic rings. The summed E-state index contributed by atoms with van der Waals surface area (Å²) in [7, 11) is 0. The van der Waals surface area contributed by atoms with E-state index >= 15 is 0 Å². The quantitative estimate of drug-likeness (QED) is 0.822. The van der Waals surface area contributed by atoms with Crippen LogP contribution in [-0.2, 0) is 6.54 Å². The summed E-state index contributed by atoms with van der Waals surface area (Å²) in [5, 5.41) is 32.0. The van der Waals surface area contributed by atoms with Crippen molar-refractivity contribution in [2.24, 2.45) is 0 Å². The number of nitrogen functional groups attached to an aromatic ring is 1. The van der Waals surface area contributed by atoms with E-state index in [0.29, 0.717) is 5.92 Å². The maximum absolute atomic E-state index is 9.47. The van der Waals surface area contributed by atoms with Crippen LogP contribution in [0.5, 0.6) is 0 Å². The van der Waals surface area contributed by atoms with Crippen LogP contribution in [-0.4, -0.2) is 21.5 Å². The van der Waals surface area contributed by atoms with Crippen LogP contribution in [0.2, 0.25) is 0 Å². The summed E-state index contributed by atoms with van der Waals surface area (Å²) in [5.41, 5.74) is 8.56. The normalized spacial score (nSPS) is 11.3. The molecular weight excluding hydrogens is 302 g/mol. The molecule has 3 N–H and O–H groups in total. The molecule has 24 heavy (non-hydrogen) atoms. The molecule has 0 aliphatic carbocycles. The molecule has 6 heteroatoms. The highest BCUT2D eigenvalue weighted by Crippen LogP contribution is 2.25. The SMILES string of the molecule is CC(C)c1ccc(C=C(C#N)c2nn(CCO)c(N)c2C#N)cc1. The van der Waals surface area contributed by atoms with Gasteiger partial charge in [-0.1, -0.05) is 38.1 Å². The zero-order chi connectivity index (χ0) is 17.7. The minimum absolute atomic E-state index is 0.148. The lowest BCUT2D eigenvalue weighted by molar-refractivity contribution is 0.270. The molecule has 0 aliphatic heterocycles. The number of hydrogen-bond acceptors (Lipinski definition) is 5. The minimum Gasteiger partial charge on any atom is -0.394 e. The van der Waals surface area contributed by atoms with E-state index in [1.54, 1.807) is 6.08 Å². The highest BCUT2D eigenvalue weighted by atomic mass is 16.3. The van der Waals surface area contributed by atoms with Gasteiger partial charge in [-0.2, -0.15) is 15.6 Å². The summed E-state index contributed by atoms with van der Waals surface area (Å²) in [5.74, 6) is 0.579. The van der Waals surface area contributed by atoms with E-state index in [-0.39, 0.29) is 35.8 Å². The molecule has 0 radical (unpaired) electrons. The molecule has 0 saturated heterocycles. The Morgan fingerprint density at radius 3 is 2.50 bits per heavy atom.